The predicted octanol–water partition coefficient (Wildman–Crippen LogP) is 4.14. The van der Waals surface area contributed by atoms with Gasteiger partial charge in [-0.2, -0.15) is 0 Å². The molecule has 0 aliphatic carbocycles. The van der Waals surface area contributed by atoms with Gasteiger partial charge in [0, 0.05) is 31.7 Å². The Morgan fingerprint density at radius 3 is 2.39 bits per heavy atom. The summed E-state index contributed by atoms with van der Waals surface area (Å²) in [4.78, 5) is 28.8. The van der Waals surface area contributed by atoms with E-state index < -0.39 is 0 Å². The molecule has 0 radical (unpaired) electrons. The lowest BCUT2D eigenvalue weighted by atomic mass is 10.2. The highest BCUT2D eigenvalue weighted by molar-refractivity contribution is 6.33. The van der Waals surface area contributed by atoms with Crippen molar-refractivity contribution in [2.75, 3.05) is 38.0 Å². The summed E-state index contributed by atoms with van der Waals surface area (Å²) < 4.78 is 18.8. The Balaban J connectivity index is 1.29. The Labute approximate surface area is 184 Å². The second-order valence-electron chi connectivity index (χ2n) is 7.27. The number of piperazine rings is 1. The summed E-state index contributed by atoms with van der Waals surface area (Å²) in [5.41, 5.74) is 1.28. The van der Waals surface area contributed by atoms with Crippen LogP contribution in [0.25, 0.3) is 11.3 Å². The van der Waals surface area contributed by atoms with E-state index in [9.17, 15) is 14.0 Å². The number of para-hydroxylation sites is 1. The first kappa shape index (κ1) is 21.1. The highest BCUT2D eigenvalue weighted by Crippen LogP contribution is 2.24. The fourth-order valence-corrected chi connectivity index (χ4v) is 3.63. The summed E-state index contributed by atoms with van der Waals surface area (Å²) in [7, 11) is 0. The third-order valence-corrected chi connectivity index (χ3v) is 5.45. The van der Waals surface area contributed by atoms with Gasteiger partial charge in [0.2, 0.25) is 5.91 Å². The van der Waals surface area contributed by atoms with Crippen LogP contribution in [-0.2, 0) is 4.79 Å². The van der Waals surface area contributed by atoms with Gasteiger partial charge in [0.25, 0.3) is 5.91 Å². The van der Waals surface area contributed by atoms with Crippen LogP contribution in [0.5, 0.6) is 0 Å². The molecule has 0 bridgehead atoms. The van der Waals surface area contributed by atoms with Crippen molar-refractivity contribution in [3.05, 3.63) is 77.3 Å². The molecule has 3 aromatic rings. The van der Waals surface area contributed by atoms with Crippen molar-refractivity contribution in [1.29, 1.82) is 0 Å². The van der Waals surface area contributed by atoms with Gasteiger partial charge < -0.3 is 14.6 Å². The van der Waals surface area contributed by atoms with Gasteiger partial charge in [-0.1, -0.05) is 23.7 Å². The summed E-state index contributed by atoms with van der Waals surface area (Å²) >= 11 is 6.07. The molecular formula is C23H21ClFN3O3. The number of hydrogen-bond acceptors (Lipinski definition) is 4. The summed E-state index contributed by atoms with van der Waals surface area (Å²) in [6.07, 6.45) is 0. The van der Waals surface area contributed by atoms with Gasteiger partial charge in [0.1, 0.15) is 11.6 Å². The Kier molecular flexibility index (Phi) is 6.34. The molecule has 8 heteroatoms. The lowest BCUT2D eigenvalue weighted by Gasteiger charge is -2.33. The van der Waals surface area contributed by atoms with E-state index in [1.807, 2.05) is 11.0 Å². The number of carbonyl (C=O) groups excluding carboxylic acids is 2. The molecule has 1 aromatic heterocycles. The number of rotatable bonds is 5. The number of carbonyl (C=O) groups is 2. The highest BCUT2D eigenvalue weighted by atomic mass is 35.5. The molecule has 0 unspecified atom stereocenters. The van der Waals surface area contributed by atoms with Crippen LogP contribution in [0.1, 0.15) is 10.6 Å². The van der Waals surface area contributed by atoms with Gasteiger partial charge in [0.15, 0.2) is 5.76 Å². The molecule has 2 amide bonds. The predicted molar refractivity (Wildman–Crippen MR) is 117 cm³/mol. The summed E-state index contributed by atoms with van der Waals surface area (Å²) in [6, 6.07) is 16.3. The first-order valence-corrected chi connectivity index (χ1v) is 10.3. The lowest BCUT2D eigenvalue weighted by Crippen LogP contribution is -2.50. The number of halogens is 2. The molecule has 1 N–H and O–H groups in total. The first-order valence-electron chi connectivity index (χ1n) is 9.91. The number of hydrogen-bond donors (Lipinski definition) is 1. The van der Waals surface area contributed by atoms with Gasteiger partial charge >= 0.3 is 0 Å². The van der Waals surface area contributed by atoms with Gasteiger partial charge in [-0.05, 0) is 48.5 Å². The third-order valence-electron chi connectivity index (χ3n) is 5.12. The zero-order chi connectivity index (χ0) is 21.8. The van der Waals surface area contributed by atoms with Crippen LogP contribution < -0.4 is 5.32 Å². The van der Waals surface area contributed by atoms with Crippen LogP contribution in [-0.4, -0.2) is 54.3 Å². The fourth-order valence-electron chi connectivity index (χ4n) is 3.44. The largest absolute Gasteiger partial charge is 0.451 e. The fraction of sp³-hybridized carbons (Fsp3) is 0.217. The average molecular weight is 442 g/mol. The molecule has 0 atom stereocenters. The van der Waals surface area contributed by atoms with Crippen LogP contribution in [0, 0.1) is 5.82 Å². The molecule has 1 fully saturated rings. The minimum absolute atomic E-state index is 0.150. The molecule has 2 heterocycles. The van der Waals surface area contributed by atoms with Crippen LogP contribution in [0.15, 0.2) is 65.1 Å². The quantitative estimate of drug-likeness (QED) is 0.646. The lowest BCUT2D eigenvalue weighted by molar-refractivity contribution is -0.117. The Morgan fingerprint density at radius 1 is 0.968 bits per heavy atom. The minimum atomic E-state index is -0.329. The van der Waals surface area contributed by atoms with Gasteiger partial charge in [-0.25, -0.2) is 4.39 Å². The number of anilines is 1. The van der Waals surface area contributed by atoms with E-state index in [2.05, 4.69) is 5.32 Å². The standard InChI is InChI=1S/C23H21ClFN3O3/c24-18-3-1-2-4-19(18)26-22(29)15-27-11-13-28(14-12-27)23(30)21-10-9-20(31-21)16-5-7-17(25)8-6-16/h1-10H,11-15H2,(H,26,29). The number of nitrogens with one attached hydrogen (secondary N) is 1. The van der Waals surface area contributed by atoms with Gasteiger partial charge in [-0.3, -0.25) is 14.5 Å². The maximum Gasteiger partial charge on any atom is 0.289 e. The Bertz CT molecular complexity index is 1080. The molecule has 1 saturated heterocycles. The molecule has 4 rings (SSSR count). The van der Waals surface area contributed by atoms with Gasteiger partial charge in [0.05, 0.1) is 17.3 Å². The van der Waals surface area contributed by atoms with Crippen molar-refractivity contribution in [3.8, 4) is 11.3 Å². The molecule has 160 valence electrons. The van der Waals surface area contributed by atoms with Crippen LogP contribution in [0.2, 0.25) is 5.02 Å². The summed E-state index contributed by atoms with van der Waals surface area (Å²) in [6.45, 7) is 2.36. The smallest absolute Gasteiger partial charge is 0.289 e. The van der Waals surface area contributed by atoms with Crippen molar-refractivity contribution >= 4 is 29.1 Å². The topological polar surface area (TPSA) is 65.8 Å². The van der Waals surface area contributed by atoms with Crippen molar-refractivity contribution in [1.82, 2.24) is 9.80 Å². The second kappa shape index (κ2) is 9.32. The molecule has 2 aromatic carbocycles. The maximum absolute atomic E-state index is 13.1. The van der Waals surface area contributed by atoms with Crippen LogP contribution >= 0.6 is 11.6 Å². The molecule has 6 nitrogen and oxygen atoms in total. The average Bonchev–Trinajstić information content (AvgIpc) is 3.26. The second-order valence-corrected chi connectivity index (χ2v) is 7.67. The monoisotopic (exact) mass is 441 g/mol. The van der Waals surface area contributed by atoms with Crippen molar-refractivity contribution in [3.63, 3.8) is 0 Å². The number of nitrogens with zero attached hydrogens (tertiary/aromatic N) is 2. The zero-order valence-electron chi connectivity index (χ0n) is 16.7. The highest BCUT2D eigenvalue weighted by Gasteiger charge is 2.25. The van der Waals surface area contributed by atoms with Crippen molar-refractivity contribution in [2.45, 2.75) is 0 Å². The summed E-state index contributed by atoms with van der Waals surface area (Å²) in [5.74, 6) is 0.0730. The van der Waals surface area contributed by atoms with Crippen LogP contribution in [0.4, 0.5) is 10.1 Å². The molecule has 0 saturated carbocycles. The minimum Gasteiger partial charge on any atom is -0.451 e. The van der Waals surface area contributed by atoms with E-state index >= 15 is 0 Å². The number of benzene rings is 2. The van der Waals surface area contributed by atoms with E-state index in [1.165, 1.54) is 12.1 Å². The molecule has 0 spiro atoms. The van der Waals surface area contributed by atoms with E-state index in [4.69, 9.17) is 16.0 Å². The van der Waals surface area contributed by atoms with Gasteiger partial charge in [-0.15, -0.1) is 0 Å². The Hall–Kier alpha value is -3.16. The van der Waals surface area contributed by atoms with E-state index in [0.29, 0.717) is 48.2 Å². The van der Waals surface area contributed by atoms with Crippen molar-refractivity contribution in [2.24, 2.45) is 0 Å². The first-order chi connectivity index (χ1) is 15.0. The zero-order valence-corrected chi connectivity index (χ0v) is 17.4. The molecular weight excluding hydrogens is 421 g/mol. The number of amides is 2. The SMILES string of the molecule is O=C(CN1CCN(C(=O)c2ccc(-c3ccc(F)cc3)o2)CC1)Nc1ccccc1Cl. The molecule has 1 aliphatic heterocycles. The van der Waals surface area contributed by atoms with E-state index in [-0.39, 0.29) is 29.9 Å². The summed E-state index contributed by atoms with van der Waals surface area (Å²) in [5, 5.41) is 3.30. The number of furan rings is 1. The Morgan fingerprint density at radius 2 is 1.68 bits per heavy atom. The van der Waals surface area contributed by atoms with Crippen LogP contribution in [0.3, 0.4) is 0 Å². The van der Waals surface area contributed by atoms with E-state index in [1.54, 1.807) is 47.4 Å². The molecule has 1 aliphatic rings. The van der Waals surface area contributed by atoms with E-state index in [0.717, 1.165) is 0 Å². The van der Waals surface area contributed by atoms with Crippen molar-refractivity contribution < 1.29 is 18.4 Å². The third kappa shape index (κ3) is 5.13. The molecule has 31 heavy (non-hydrogen) atoms. The maximum atomic E-state index is 13.1. The normalized spacial score (nSPS) is 14.5.